The van der Waals surface area contributed by atoms with E-state index in [1.54, 1.807) is 6.07 Å². The largest absolute Gasteiger partial charge is 0.492 e. The molecule has 0 N–H and O–H groups in total. The summed E-state index contributed by atoms with van der Waals surface area (Å²) in [4.78, 5) is 0. The van der Waals surface area contributed by atoms with Gasteiger partial charge in [0, 0.05) is 6.07 Å². The molecule has 0 aliphatic rings. The van der Waals surface area contributed by atoms with Crippen molar-refractivity contribution in [3.8, 4) is 11.8 Å². The second kappa shape index (κ2) is 6.02. The van der Waals surface area contributed by atoms with Gasteiger partial charge in [0.15, 0.2) is 0 Å². The molecule has 0 aliphatic carbocycles. The molecule has 0 radical (unpaired) electrons. The van der Waals surface area contributed by atoms with Crippen molar-refractivity contribution in [2.75, 3.05) is 6.61 Å². The molecule has 0 bridgehead atoms. The molecule has 1 aromatic rings. The second-order valence-corrected chi connectivity index (χ2v) is 5.38. The summed E-state index contributed by atoms with van der Waals surface area (Å²) in [5, 5.41) is 8.84. The van der Waals surface area contributed by atoms with E-state index in [9.17, 15) is 4.39 Å². The number of nitriles is 1. The highest BCUT2D eigenvalue weighted by atomic mass is 79.9. The van der Waals surface area contributed by atoms with Gasteiger partial charge in [0.2, 0.25) is 0 Å². The van der Waals surface area contributed by atoms with Gasteiger partial charge < -0.3 is 4.74 Å². The molecule has 2 nitrogen and oxygen atoms in total. The van der Waals surface area contributed by atoms with Gasteiger partial charge in [-0.3, -0.25) is 0 Å². The molecule has 0 unspecified atom stereocenters. The SMILES string of the molecule is CC(C)(C#N)CCCOc1cc(F)ccc1Br. The number of hydrogen-bond donors (Lipinski definition) is 0. The van der Waals surface area contributed by atoms with Crippen LogP contribution in [0.15, 0.2) is 22.7 Å². The van der Waals surface area contributed by atoms with Gasteiger partial charge in [0.1, 0.15) is 11.6 Å². The standard InChI is InChI=1S/C13H15BrFNO/c1-13(2,9-16)6-3-7-17-12-8-10(15)4-5-11(12)14/h4-5,8H,3,6-7H2,1-2H3. The Kier molecular flexibility index (Phi) is 4.95. The first kappa shape index (κ1) is 14.0. The Morgan fingerprint density at radius 2 is 2.18 bits per heavy atom. The summed E-state index contributed by atoms with van der Waals surface area (Å²) in [6, 6.07) is 6.57. The summed E-state index contributed by atoms with van der Waals surface area (Å²) in [6.45, 7) is 4.27. The first-order valence-corrected chi connectivity index (χ1v) is 6.23. The molecule has 17 heavy (non-hydrogen) atoms. The molecule has 0 saturated heterocycles. The van der Waals surface area contributed by atoms with Gasteiger partial charge in [0.25, 0.3) is 0 Å². The van der Waals surface area contributed by atoms with Crippen molar-refractivity contribution in [1.82, 2.24) is 0 Å². The van der Waals surface area contributed by atoms with Crippen LogP contribution in [0.2, 0.25) is 0 Å². The van der Waals surface area contributed by atoms with Crippen LogP contribution in [0, 0.1) is 22.6 Å². The number of rotatable bonds is 5. The van der Waals surface area contributed by atoms with Gasteiger partial charge in [-0.1, -0.05) is 0 Å². The summed E-state index contributed by atoms with van der Waals surface area (Å²) < 4.78 is 19.2. The van der Waals surface area contributed by atoms with Crippen LogP contribution in [0.5, 0.6) is 5.75 Å². The van der Waals surface area contributed by atoms with E-state index < -0.39 is 0 Å². The van der Waals surface area contributed by atoms with Crippen LogP contribution in [-0.2, 0) is 0 Å². The minimum Gasteiger partial charge on any atom is -0.492 e. The van der Waals surface area contributed by atoms with E-state index in [-0.39, 0.29) is 11.2 Å². The highest BCUT2D eigenvalue weighted by Crippen LogP contribution is 2.26. The summed E-state index contributed by atoms with van der Waals surface area (Å²) in [7, 11) is 0. The summed E-state index contributed by atoms with van der Waals surface area (Å²) in [5.74, 6) is 0.181. The molecule has 0 heterocycles. The third-order valence-electron chi connectivity index (χ3n) is 2.40. The highest BCUT2D eigenvalue weighted by Gasteiger charge is 2.15. The normalized spacial score (nSPS) is 11.0. The fourth-order valence-electron chi connectivity index (χ4n) is 1.34. The smallest absolute Gasteiger partial charge is 0.136 e. The average Bonchev–Trinajstić information content (AvgIpc) is 2.29. The zero-order chi connectivity index (χ0) is 12.9. The van der Waals surface area contributed by atoms with Crippen molar-refractivity contribution in [2.24, 2.45) is 5.41 Å². The van der Waals surface area contributed by atoms with Crippen LogP contribution >= 0.6 is 15.9 Å². The molecule has 0 atom stereocenters. The van der Waals surface area contributed by atoms with E-state index in [0.29, 0.717) is 12.4 Å². The van der Waals surface area contributed by atoms with Crippen molar-refractivity contribution in [1.29, 1.82) is 5.26 Å². The summed E-state index contributed by atoms with van der Waals surface area (Å²) in [5.41, 5.74) is -0.331. The van der Waals surface area contributed by atoms with E-state index >= 15 is 0 Å². The van der Waals surface area contributed by atoms with E-state index in [0.717, 1.165) is 17.3 Å². The fourth-order valence-corrected chi connectivity index (χ4v) is 1.70. The monoisotopic (exact) mass is 299 g/mol. The zero-order valence-electron chi connectivity index (χ0n) is 9.96. The van der Waals surface area contributed by atoms with Gasteiger partial charge in [-0.15, -0.1) is 0 Å². The van der Waals surface area contributed by atoms with E-state index in [4.69, 9.17) is 10.00 Å². The quantitative estimate of drug-likeness (QED) is 0.760. The van der Waals surface area contributed by atoms with Crippen LogP contribution in [0.4, 0.5) is 4.39 Å². The lowest BCUT2D eigenvalue weighted by Crippen LogP contribution is -2.10. The zero-order valence-corrected chi connectivity index (χ0v) is 11.6. The first-order valence-electron chi connectivity index (χ1n) is 5.44. The van der Waals surface area contributed by atoms with Gasteiger partial charge in [-0.2, -0.15) is 5.26 Å². The minimum absolute atomic E-state index is 0.319. The summed E-state index contributed by atoms with van der Waals surface area (Å²) in [6.07, 6.45) is 1.53. The number of halogens is 2. The molecule has 0 aliphatic heterocycles. The van der Waals surface area contributed by atoms with E-state index in [1.807, 2.05) is 13.8 Å². The Bertz CT molecular complexity index is 426. The maximum absolute atomic E-state index is 13.0. The van der Waals surface area contributed by atoms with Crippen molar-refractivity contribution in [3.63, 3.8) is 0 Å². The number of nitrogens with zero attached hydrogens (tertiary/aromatic N) is 1. The predicted molar refractivity (Wildman–Crippen MR) is 68.2 cm³/mol. The Balaban J connectivity index is 2.42. The lowest BCUT2D eigenvalue weighted by Gasteiger charge is -2.15. The van der Waals surface area contributed by atoms with Crippen LogP contribution in [-0.4, -0.2) is 6.61 Å². The second-order valence-electron chi connectivity index (χ2n) is 4.52. The van der Waals surface area contributed by atoms with Crippen molar-refractivity contribution in [3.05, 3.63) is 28.5 Å². The lowest BCUT2D eigenvalue weighted by molar-refractivity contribution is 0.281. The fraction of sp³-hybridized carbons (Fsp3) is 0.462. The van der Waals surface area contributed by atoms with Gasteiger partial charge in [-0.05, 0) is 54.8 Å². The number of ether oxygens (including phenoxy) is 1. The Hall–Kier alpha value is -1.08. The number of hydrogen-bond acceptors (Lipinski definition) is 2. The van der Waals surface area contributed by atoms with Crippen LogP contribution < -0.4 is 4.74 Å². The highest BCUT2D eigenvalue weighted by molar-refractivity contribution is 9.10. The maximum Gasteiger partial charge on any atom is 0.136 e. The van der Waals surface area contributed by atoms with Crippen LogP contribution in [0.1, 0.15) is 26.7 Å². The van der Waals surface area contributed by atoms with Gasteiger partial charge >= 0.3 is 0 Å². The molecular formula is C13H15BrFNO. The van der Waals surface area contributed by atoms with E-state index in [1.165, 1.54) is 12.1 Å². The Morgan fingerprint density at radius 1 is 1.47 bits per heavy atom. The first-order chi connectivity index (χ1) is 7.94. The lowest BCUT2D eigenvalue weighted by atomic mass is 9.90. The number of benzene rings is 1. The maximum atomic E-state index is 13.0. The van der Waals surface area contributed by atoms with Crippen LogP contribution in [0.3, 0.4) is 0 Å². The topological polar surface area (TPSA) is 33.0 Å². The molecule has 0 spiro atoms. The van der Waals surface area contributed by atoms with Crippen LogP contribution in [0.25, 0.3) is 0 Å². The molecule has 0 fully saturated rings. The summed E-state index contributed by atoms with van der Waals surface area (Å²) >= 11 is 3.29. The minimum atomic E-state index is -0.331. The average molecular weight is 300 g/mol. The Morgan fingerprint density at radius 3 is 2.82 bits per heavy atom. The molecule has 92 valence electrons. The molecular weight excluding hydrogens is 285 g/mol. The molecule has 0 amide bonds. The van der Waals surface area contributed by atoms with Crippen molar-refractivity contribution >= 4 is 15.9 Å². The molecule has 0 saturated carbocycles. The molecule has 1 aromatic carbocycles. The predicted octanol–water partition coefficient (Wildman–Crippen LogP) is 4.30. The third-order valence-corrected chi connectivity index (χ3v) is 3.05. The molecule has 0 aromatic heterocycles. The Labute approximate surface area is 110 Å². The van der Waals surface area contributed by atoms with Crippen molar-refractivity contribution < 1.29 is 9.13 Å². The molecule has 4 heteroatoms. The van der Waals surface area contributed by atoms with E-state index in [2.05, 4.69) is 22.0 Å². The van der Waals surface area contributed by atoms with Gasteiger partial charge in [-0.25, -0.2) is 4.39 Å². The van der Waals surface area contributed by atoms with Gasteiger partial charge in [0.05, 0.1) is 22.6 Å². The third kappa shape index (κ3) is 4.74. The molecule has 1 rings (SSSR count). The van der Waals surface area contributed by atoms with Crippen molar-refractivity contribution in [2.45, 2.75) is 26.7 Å².